The first-order valence-electron chi connectivity index (χ1n) is 37.3. The number of aromatic nitrogens is 10. The SMILES string of the molecule is c1ccc(-c2cnc(-c3ccc4sc5ccc6c7ccccc7n(-c7ccccc7)c6c5c4c3)c(-c3nc(-c4ccccc4)nc(-c4ccccc4)n3)c2)cc1.c1ccc(-c2cnc(-c3cccc4sc5ccc6c7ccccc7n(-c7ccccc7)c6c5c34)c(-c3nc(-c4ccccc4)nc(-c4ccccc4)n3)c2)cc1. The van der Waals surface area contributed by atoms with E-state index < -0.39 is 0 Å². The molecular weight excluding hydrogens is 1410 g/mol. The van der Waals surface area contributed by atoms with Crippen molar-refractivity contribution in [1.82, 2.24) is 49.0 Å². The van der Waals surface area contributed by atoms with Crippen LogP contribution < -0.4 is 0 Å². The van der Waals surface area contributed by atoms with E-state index in [1.807, 2.05) is 169 Å². The highest BCUT2D eigenvalue weighted by molar-refractivity contribution is 7.26. The minimum atomic E-state index is 0.568. The number of hydrogen-bond donors (Lipinski definition) is 0. The van der Waals surface area contributed by atoms with Crippen LogP contribution in [-0.4, -0.2) is 49.0 Å². The monoisotopic (exact) mass is 1470 g/mol. The van der Waals surface area contributed by atoms with Gasteiger partial charge in [-0.15, -0.1) is 22.7 Å². The normalized spacial score (nSPS) is 11.6. The van der Waals surface area contributed by atoms with Gasteiger partial charge in [-0.1, -0.05) is 285 Å². The Morgan fingerprint density at radius 1 is 0.205 bits per heavy atom. The third-order valence-electron chi connectivity index (χ3n) is 21.0. The highest BCUT2D eigenvalue weighted by Crippen LogP contribution is 2.49. The lowest BCUT2D eigenvalue weighted by atomic mass is 9.96. The molecule has 524 valence electrons. The number of pyridine rings is 2. The van der Waals surface area contributed by atoms with Crippen molar-refractivity contribution >= 4 is 107 Å². The van der Waals surface area contributed by atoms with Crippen molar-refractivity contribution in [2.75, 3.05) is 0 Å². The van der Waals surface area contributed by atoms with Gasteiger partial charge in [0.25, 0.3) is 0 Å². The Kier molecular flexibility index (Phi) is 16.4. The summed E-state index contributed by atoms with van der Waals surface area (Å²) in [6.07, 6.45) is 3.95. The van der Waals surface area contributed by atoms with Crippen molar-refractivity contribution in [3.63, 3.8) is 0 Å². The van der Waals surface area contributed by atoms with Crippen LogP contribution in [0.5, 0.6) is 0 Å². The van der Waals surface area contributed by atoms with Crippen molar-refractivity contribution in [2.45, 2.75) is 0 Å². The summed E-state index contributed by atoms with van der Waals surface area (Å²) in [6, 6.07) is 127. The Hall–Kier alpha value is -14.6. The summed E-state index contributed by atoms with van der Waals surface area (Å²) < 4.78 is 9.73. The molecule has 22 aromatic rings. The van der Waals surface area contributed by atoms with Crippen LogP contribution in [0.3, 0.4) is 0 Å². The van der Waals surface area contributed by atoms with E-state index in [-0.39, 0.29) is 0 Å². The van der Waals surface area contributed by atoms with E-state index in [1.54, 1.807) is 0 Å². The molecule has 14 aromatic carbocycles. The zero-order valence-corrected chi connectivity index (χ0v) is 61.7. The Morgan fingerprint density at radius 2 is 0.562 bits per heavy atom. The molecule has 0 fully saturated rings. The van der Waals surface area contributed by atoms with Gasteiger partial charge in [-0.05, 0) is 90.0 Å². The fourth-order valence-electron chi connectivity index (χ4n) is 15.9. The van der Waals surface area contributed by atoms with Gasteiger partial charge in [-0.3, -0.25) is 9.97 Å². The zero-order chi connectivity index (χ0) is 74.0. The number of hydrogen-bond acceptors (Lipinski definition) is 10. The fourth-order valence-corrected chi connectivity index (χ4v) is 18.1. The molecule has 0 saturated carbocycles. The molecule has 0 saturated heterocycles. The Morgan fingerprint density at radius 3 is 1.03 bits per heavy atom. The quantitative estimate of drug-likeness (QED) is 0.119. The van der Waals surface area contributed by atoms with E-state index >= 15 is 0 Å². The zero-order valence-electron chi connectivity index (χ0n) is 60.1. The Bertz CT molecular complexity index is 7220. The molecule has 0 bridgehead atoms. The lowest BCUT2D eigenvalue weighted by Gasteiger charge is -2.14. The minimum absolute atomic E-state index is 0.568. The number of nitrogens with zero attached hydrogens (tertiary/aromatic N) is 10. The standard InChI is InChI=1S/2C50H31N5S/c1-5-16-32(17-6-1)35-30-40(50-53-48(33-18-7-2-8-19-33)52-49(54-50)34-20-9-3-10-21-34)46(51-31-35)39-25-15-27-42-44(39)45-43(56-42)29-28-38-37-24-13-14-26-41(37)55(47(38)45)36-22-11-4-12-23-36;1-5-15-32(16-6-1)36-30-41(50-53-48(33-17-7-2-8-18-33)52-49(54-50)34-19-9-3-10-20-34)46(51-31-36)35-25-27-43-40(29-35)45-44(56-43)28-26-39-38-23-13-14-24-42(38)55(47(39)45)37-21-11-4-12-22-37/h2*1-31H. The lowest BCUT2D eigenvalue weighted by molar-refractivity contribution is 1.07. The summed E-state index contributed by atoms with van der Waals surface area (Å²) in [5, 5.41) is 9.73. The number of thiophene rings is 2. The molecule has 8 heterocycles. The topological polar surface area (TPSA) is 113 Å². The van der Waals surface area contributed by atoms with Gasteiger partial charge in [0.05, 0.1) is 33.5 Å². The summed E-state index contributed by atoms with van der Waals surface area (Å²) in [7, 11) is 0. The molecular formula is C100H62N10S2. The van der Waals surface area contributed by atoms with Crippen LogP contribution in [0.4, 0.5) is 0 Å². The summed E-state index contributed by atoms with van der Waals surface area (Å²) in [4.78, 5) is 41.4. The minimum Gasteiger partial charge on any atom is -0.309 e. The summed E-state index contributed by atoms with van der Waals surface area (Å²) in [5.74, 6) is 3.58. The van der Waals surface area contributed by atoms with E-state index in [1.165, 1.54) is 84.0 Å². The van der Waals surface area contributed by atoms with Gasteiger partial charge in [0.15, 0.2) is 34.9 Å². The Labute approximate surface area is 652 Å². The van der Waals surface area contributed by atoms with Crippen molar-refractivity contribution in [3.8, 4) is 124 Å². The number of rotatable bonds is 12. The largest absolute Gasteiger partial charge is 0.309 e. The molecule has 0 radical (unpaired) electrons. The first-order valence-corrected chi connectivity index (χ1v) is 38.9. The summed E-state index contributed by atoms with van der Waals surface area (Å²) >= 11 is 3.64. The molecule has 10 nitrogen and oxygen atoms in total. The summed E-state index contributed by atoms with van der Waals surface area (Å²) in [6.45, 7) is 0. The van der Waals surface area contributed by atoms with Crippen LogP contribution in [0, 0.1) is 0 Å². The number of fused-ring (bicyclic) bond motifs is 14. The molecule has 0 spiro atoms. The van der Waals surface area contributed by atoms with E-state index in [2.05, 4.69) is 240 Å². The van der Waals surface area contributed by atoms with Gasteiger partial charge in [-0.25, -0.2) is 29.9 Å². The van der Waals surface area contributed by atoms with Crippen molar-refractivity contribution in [2.24, 2.45) is 0 Å². The van der Waals surface area contributed by atoms with Gasteiger partial charge in [0.1, 0.15) is 0 Å². The number of para-hydroxylation sites is 4. The van der Waals surface area contributed by atoms with E-state index in [9.17, 15) is 0 Å². The molecule has 22 rings (SSSR count). The smallest absolute Gasteiger partial charge is 0.166 e. The third kappa shape index (κ3) is 11.6. The van der Waals surface area contributed by atoms with Gasteiger partial charge in [-0.2, -0.15) is 0 Å². The number of benzene rings is 14. The van der Waals surface area contributed by atoms with Crippen LogP contribution in [0.25, 0.3) is 208 Å². The van der Waals surface area contributed by atoms with Crippen molar-refractivity contribution in [1.29, 1.82) is 0 Å². The molecule has 0 unspecified atom stereocenters. The maximum atomic E-state index is 5.34. The molecule has 112 heavy (non-hydrogen) atoms. The Balaban J connectivity index is 0.000000141. The van der Waals surface area contributed by atoms with Crippen LogP contribution >= 0.6 is 22.7 Å². The van der Waals surface area contributed by atoms with E-state index in [0.717, 1.165) is 89.5 Å². The summed E-state index contributed by atoms with van der Waals surface area (Å²) in [5.41, 5.74) is 20.2. The molecule has 0 aliphatic carbocycles. The molecule has 0 N–H and O–H groups in total. The van der Waals surface area contributed by atoms with Crippen LogP contribution in [0.1, 0.15) is 0 Å². The van der Waals surface area contributed by atoms with E-state index in [4.69, 9.17) is 39.9 Å². The lowest BCUT2D eigenvalue weighted by Crippen LogP contribution is -2.02. The fraction of sp³-hybridized carbons (Fsp3) is 0. The predicted molar refractivity (Wildman–Crippen MR) is 464 cm³/mol. The predicted octanol–water partition coefficient (Wildman–Crippen LogP) is 26.1. The molecule has 0 aliphatic heterocycles. The molecule has 0 atom stereocenters. The highest BCUT2D eigenvalue weighted by atomic mass is 32.1. The molecule has 12 heteroatoms. The first kappa shape index (κ1) is 65.7. The molecule has 8 aromatic heterocycles. The van der Waals surface area contributed by atoms with E-state index in [0.29, 0.717) is 34.9 Å². The maximum Gasteiger partial charge on any atom is 0.166 e. The van der Waals surface area contributed by atoms with Gasteiger partial charge < -0.3 is 9.13 Å². The van der Waals surface area contributed by atoms with Crippen molar-refractivity contribution < 1.29 is 0 Å². The molecule has 0 aliphatic rings. The van der Waals surface area contributed by atoms with Crippen molar-refractivity contribution in [3.05, 3.63) is 376 Å². The van der Waals surface area contributed by atoms with Gasteiger partial charge >= 0.3 is 0 Å². The average Bonchev–Trinajstić information content (AvgIpc) is 1.53. The molecule has 0 amide bonds. The average molecular weight is 1470 g/mol. The van der Waals surface area contributed by atoms with Crippen LogP contribution in [0.2, 0.25) is 0 Å². The second kappa shape index (κ2) is 27.9. The van der Waals surface area contributed by atoms with Crippen LogP contribution in [0.15, 0.2) is 376 Å². The van der Waals surface area contributed by atoms with Gasteiger partial charge in [0, 0.05) is 141 Å². The van der Waals surface area contributed by atoms with Crippen LogP contribution in [-0.2, 0) is 0 Å². The maximum absolute atomic E-state index is 5.34. The third-order valence-corrected chi connectivity index (χ3v) is 23.2. The second-order valence-electron chi connectivity index (χ2n) is 27.7. The highest BCUT2D eigenvalue weighted by Gasteiger charge is 2.26. The first-order chi connectivity index (χ1) is 55.5. The van der Waals surface area contributed by atoms with Gasteiger partial charge in [0.2, 0.25) is 0 Å². The second-order valence-corrected chi connectivity index (χ2v) is 29.9.